The van der Waals surface area contributed by atoms with Gasteiger partial charge < -0.3 is 18.9 Å². The first kappa shape index (κ1) is 13.2. The average Bonchev–Trinajstić information content (AvgIpc) is 2.30. The molecule has 2 unspecified atom stereocenters. The number of nitriles is 4. The fraction of sp³-hybridized carbons (Fsp3) is 0.500. The second-order valence-corrected chi connectivity index (χ2v) is 2.30. The Kier molecular flexibility index (Phi) is 7.19. The van der Waals surface area contributed by atoms with Gasteiger partial charge in [0.05, 0.1) is 0 Å². The second-order valence-electron chi connectivity index (χ2n) is 2.30. The minimum Gasteiger partial charge on any atom is -0.423 e. The molecule has 0 saturated carbocycles. The number of hydrogen-bond acceptors (Lipinski definition) is 8. The van der Waals surface area contributed by atoms with Gasteiger partial charge in [0.15, 0.2) is 12.2 Å². The summed E-state index contributed by atoms with van der Waals surface area (Å²) in [5, 5.41) is 33.0. The zero-order valence-corrected chi connectivity index (χ0v) is 7.99. The Balaban J connectivity index is 4.42. The smallest absolute Gasteiger partial charge is 0.286 e. The van der Waals surface area contributed by atoms with E-state index in [1.54, 1.807) is 0 Å². The molecule has 0 aromatic rings. The molecule has 0 heterocycles. The lowest BCUT2D eigenvalue weighted by molar-refractivity contribution is -0.0420. The Labute approximate surface area is 91.3 Å². The van der Waals surface area contributed by atoms with E-state index in [0.29, 0.717) is 0 Å². The van der Waals surface area contributed by atoms with E-state index in [1.807, 2.05) is 0 Å². The molecule has 0 aliphatic heterocycles. The molecule has 2 atom stereocenters. The molecule has 0 rings (SSSR count). The predicted molar refractivity (Wildman–Crippen MR) is 44.1 cm³/mol. The summed E-state index contributed by atoms with van der Waals surface area (Å²) in [7, 11) is 0. The third-order valence-corrected chi connectivity index (χ3v) is 1.45. The van der Waals surface area contributed by atoms with E-state index in [4.69, 9.17) is 21.0 Å². The second kappa shape index (κ2) is 8.74. The van der Waals surface area contributed by atoms with E-state index >= 15 is 0 Å². The van der Waals surface area contributed by atoms with Crippen LogP contribution in [0.2, 0.25) is 0 Å². The summed E-state index contributed by atoms with van der Waals surface area (Å²) in [6.07, 6.45) is 3.50. The Bertz CT molecular complexity index is 322. The maximum absolute atomic E-state index is 8.32. The number of rotatable bonds is 7. The summed E-state index contributed by atoms with van der Waals surface area (Å²) in [6, 6.07) is 0. The zero-order valence-electron chi connectivity index (χ0n) is 7.99. The van der Waals surface area contributed by atoms with Crippen molar-refractivity contribution in [3.63, 3.8) is 0 Å². The van der Waals surface area contributed by atoms with Crippen LogP contribution >= 0.6 is 0 Å². The van der Waals surface area contributed by atoms with Gasteiger partial charge in [0, 0.05) is 0 Å². The quantitative estimate of drug-likeness (QED) is 0.536. The van der Waals surface area contributed by atoms with Crippen molar-refractivity contribution in [2.24, 2.45) is 0 Å². The molecule has 0 saturated heterocycles. The van der Waals surface area contributed by atoms with Crippen LogP contribution in [0.15, 0.2) is 0 Å². The van der Waals surface area contributed by atoms with Gasteiger partial charge in [0.25, 0.3) is 25.0 Å². The maximum atomic E-state index is 8.32. The largest absolute Gasteiger partial charge is 0.423 e. The zero-order chi connectivity index (χ0) is 12.2. The minimum atomic E-state index is -1.00. The molecule has 0 aromatic heterocycles. The standard InChI is InChI=1S/C8H6N4O4/c9-3-13-1-7(15-5-11)8(16-6-12)2-14-4-10/h7-8H,1-2H2. The number of ether oxygens (including phenoxy) is 4. The Morgan fingerprint density at radius 2 is 1.06 bits per heavy atom. The summed E-state index contributed by atoms with van der Waals surface area (Å²) in [6.45, 7) is -0.573. The van der Waals surface area contributed by atoms with Crippen molar-refractivity contribution >= 4 is 0 Å². The van der Waals surface area contributed by atoms with Crippen molar-refractivity contribution in [3.8, 4) is 25.0 Å². The van der Waals surface area contributed by atoms with Gasteiger partial charge >= 0.3 is 0 Å². The van der Waals surface area contributed by atoms with Gasteiger partial charge in [0.1, 0.15) is 13.2 Å². The Morgan fingerprint density at radius 1 is 0.688 bits per heavy atom. The van der Waals surface area contributed by atoms with Crippen LogP contribution in [0.1, 0.15) is 0 Å². The molecule has 0 aromatic carbocycles. The minimum absolute atomic E-state index is 0.287. The molecular formula is C8H6N4O4. The van der Waals surface area contributed by atoms with Crippen molar-refractivity contribution in [2.45, 2.75) is 12.2 Å². The fourth-order valence-electron chi connectivity index (χ4n) is 0.809. The highest BCUT2D eigenvalue weighted by Gasteiger charge is 2.27. The maximum Gasteiger partial charge on any atom is 0.286 e. The number of hydrogen-bond donors (Lipinski definition) is 0. The first-order chi connectivity index (χ1) is 7.79. The van der Waals surface area contributed by atoms with Gasteiger partial charge in [-0.25, -0.2) is 0 Å². The van der Waals surface area contributed by atoms with E-state index in [0.717, 1.165) is 0 Å². The molecule has 8 nitrogen and oxygen atoms in total. The molecule has 0 N–H and O–H groups in total. The SMILES string of the molecule is N#COCC(OC#N)C(COC#N)OC#N. The van der Waals surface area contributed by atoms with Crippen molar-refractivity contribution in [1.29, 1.82) is 21.0 Å². The molecule has 0 amide bonds. The fourth-order valence-corrected chi connectivity index (χ4v) is 0.809. The highest BCUT2D eigenvalue weighted by atomic mass is 16.6. The summed E-state index contributed by atoms with van der Waals surface area (Å²) in [5.74, 6) is 0. The average molecular weight is 222 g/mol. The lowest BCUT2D eigenvalue weighted by Crippen LogP contribution is -2.36. The monoisotopic (exact) mass is 222 g/mol. The normalized spacial score (nSPS) is 11.5. The molecule has 0 aliphatic carbocycles. The predicted octanol–water partition coefficient (Wildman–Crippen LogP) is -0.286. The van der Waals surface area contributed by atoms with Crippen LogP contribution in [0.4, 0.5) is 0 Å². The molecule has 82 valence electrons. The Hall–Kier alpha value is -2.84. The molecule has 0 bridgehead atoms. The van der Waals surface area contributed by atoms with Gasteiger partial charge in [-0.3, -0.25) is 0 Å². The first-order valence-electron chi connectivity index (χ1n) is 3.91. The molecule has 0 radical (unpaired) electrons. The van der Waals surface area contributed by atoms with Crippen molar-refractivity contribution in [1.82, 2.24) is 0 Å². The molecule has 0 spiro atoms. The topological polar surface area (TPSA) is 132 Å². The van der Waals surface area contributed by atoms with Crippen LogP contribution < -0.4 is 0 Å². The van der Waals surface area contributed by atoms with Crippen molar-refractivity contribution in [2.75, 3.05) is 13.2 Å². The summed E-state index contributed by atoms with van der Waals surface area (Å²) in [4.78, 5) is 0. The summed E-state index contributed by atoms with van der Waals surface area (Å²) in [5.41, 5.74) is 0. The lowest BCUT2D eigenvalue weighted by Gasteiger charge is -2.19. The van der Waals surface area contributed by atoms with Crippen LogP contribution in [0.3, 0.4) is 0 Å². The van der Waals surface area contributed by atoms with Crippen molar-refractivity contribution < 1.29 is 18.9 Å². The molecular weight excluding hydrogens is 216 g/mol. The van der Waals surface area contributed by atoms with Gasteiger partial charge in [0.2, 0.25) is 0 Å². The van der Waals surface area contributed by atoms with Gasteiger partial charge in [-0.2, -0.15) is 21.0 Å². The van der Waals surface area contributed by atoms with E-state index < -0.39 is 12.2 Å². The third-order valence-electron chi connectivity index (χ3n) is 1.45. The van der Waals surface area contributed by atoms with E-state index in [-0.39, 0.29) is 13.2 Å². The van der Waals surface area contributed by atoms with Gasteiger partial charge in [-0.1, -0.05) is 0 Å². The van der Waals surface area contributed by atoms with Crippen LogP contribution in [0, 0.1) is 46.1 Å². The molecule has 0 aliphatic rings. The summed E-state index contributed by atoms with van der Waals surface area (Å²) >= 11 is 0. The third kappa shape index (κ3) is 5.01. The van der Waals surface area contributed by atoms with E-state index in [9.17, 15) is 0 Å². The van der Waals surface area contributed by atoms with Crippen molar-refractivity contribution in [3.05, 3.63) is 0 Å². The van der Waals surface area contributed by atoms with Crippen LogP contribution in [0.5, 0.6) is 0 Å². The van der Waals surface area contributed by atoms with Gasteiger partial charge in [-0.15, -0.1) is 0 Å². The van der Waals surface area contributed by atoms with Crippen LogP contribution in [0.25, 0.3) is 0 Å². The molecule has 0 fully saturated rings. The summed E-state index contributed by atoms with van der Waals surface area (Å²) < 4.78 is 17.8. The number of nitrogens with zero attached hydrogens (tertiary/aromatic N) is 4. The van der Waals surface area contributed by atoms with E-state index in [1.165, 1.54) is 25.0 Å². The van der Waals surface area contributed by atoms with Crippen LogP contribution in [-0.4, -0.2) is 25.4 Å². The molecule has 16 heavy (non-hydrogen) atoms. The van der Waals surface area contributed by atoms with Gasteiger partial charge in [-0.05, 0) is 0 Å². The highest BCUT2D eigenvalue weighted by Crippen LogP contribution is 2.05. The molecule has 8 heteroatoms. The lowest BCUT2D eigenvalue weighted by atomic mass is 10.2. The first-order valence-corrected chi connectivity index (χ1v) is 3.91. The van der Waals surface area contributed by atoms with E-state index in [2.05, 4.69) is 18.9 Å². The highest BCUT2D eigenvalue weighted by molar-refractivity contribution is 4.78. The van der Waals surface area contributed by atoms with Crippen LogP contribution in [-0.2, 0) is 18.9 Å². The Morgan fingerprint density at radius 3 is 1.31 bits per heavy atom.